The molecule has 2 aromatic rings. The number of hydrogen-bond acceptors (Lipinski definition) is 2. The van der Waals surface area contributed by atoms with Gasteiger partial charge in [0.15, 0.2) is 0 Å². The van der Waals surface area contributed by atoms with Crippen LogP contribution in [0, 0.1) is 0 Å². The molecule has 110 valence electrons. The summed E-state index contributed by atoms with van der Waals surface area (Å²) in [6, 6.07) is 17.2. The zero-order chi connectivity index (χ0) is 15.2. The van der Waals surface area contributed by atoms with Crippen molar-refractivity contribution in [1.29, 1.82) is 0 Å². The monoisotopic (exact) mass is 281 g/mol. The zero-order valence-electron chi connectivity index (χ0n) is 13.1. The minimum absolute atomic E-state index is 0.246. The van der Waals surface area contributed by atoms with Crippen molar-refractivity contribution >= 4 is 5.78 Å². The molecule has 0 fully saturated rings. The Morgan fingerprint density at radius 1 is 0.857 bits per heavy atom. The lowest BCUT2D eigenvalue weighted by Crippen LogP contribution is -2.10. The summed E-state index contributed by atoms with van der Waals surface area (Å²) in [6.45, 7) is 2.61. The summed E-state index contributed by atoms with van der Waals surface area (Å²) in [7, 11) is 4.15. The predicted molar refractivity (Wildman–Crippen MR) is 88.3 cm³/mol. The van der Waals surface area contributed by atoms with E-state index in [9.17, 15) is 4.79 Å². The number of rotatable bonds is 6. The molecule has 2 heteroatoms. The Morgan fingerprint density at radius 2 is 1.33 bits per heavy atom. The molecule has 0 aliphatic heterocycles. The fourth-order valence-corrected chi connectivity index (χ4v) is 2.35. The van der Waals surface area contributed by atoms with Crippen molar-refractivity contribution in [2.45, 2.75) is 26.3 Å². The van der Waals surface area contributed by atoms with Crippen LogP contribution in [0.25, 0.3) is 11.1 Å². The van der Waals surface area contributed by atoms with E-state index in [0.717, 1.165) is 13.0 Å². The molecule has 2 rings (SSSR count). The number of carbonyl (C=O) groups is 1. The highest BCUT2D eigenvalue weighted by molar-refractivity contribution is 5.75. The summed E-state index contributed by atoms with van der Waals surface area (Å²) < 4.78 is 0. The molecule has 0 aromatic heterocycles. The second kappa shape index (κ2) is 7.19. The van der Waals surface area contributed by atoms with Gasteiger partial charge in [0.05, 0.1) is 0 Å². The molecule has 0 bridgehead atoms. The molecule has 0 aliphatic carbocycles. The SMILES string of the molecule is CC(=O)CCc1ccc(-c2ccc(CN(C)C)cc2)cc1. The van der Waals surface area contributed by atoms with Crippen LogP contribution in [-0.2, 0) is 17.8 Å². The molecule has 0 aliphatic rings. The van der Waals surface area contributed by atoms with E-state index in [1.807, 2.05) is 0 Å². The lowest BCUT2D eigenvalue weighted by molar-refractivity contribution is -0.116. The lowest BCUT2D eigenvalue weighted by atomic mass is 10.0. The van der Waals surface area contributed by atoms with Crippen LogP contribution in [0.4, 0.5) is 0 Å². The minimum atomic E-state index is 0.246. The van der Waals surface area contributed by atoms with Gasteiger partial charge in [-0.25, -0.2) is 0 Å². The smallest absolute Gasteiger partial charge is 0.130 e. The van der Waals surface area contributed by atoms with Crippen molar-refractivity contribution in [1.82, 2.24) is 4.90 Å². The molecule has 0 heterocycles. The van der Waals surface area contributed by atoms with E-state index >= 15 is 0 Å². The Kier molecular flexibility index (Phi) is 5.29. The van der Waals surface area contributed by atoms with Crippen LogP contribution in [0.1, 0.15) is 24.5 Å². The summed E-state index contributed by atoms with van der Waals surface area (Å²) in [5.41, 5.74) is 4.99. The number of benzene rings is 2. The maximum atomic E-state index is 11.0. The average molecular weight is 281 g/mol. The van der Waals surface area contributed by atoms with Gasteiger partial charge >= 0.3 is 0 Å². The molecule has 0 atom stereocenters. The topological polar surface area (TPSA) is 20.3 Å². The molecule has 21 heavy (non-hydrogen) atoms. The summed E-state index contributed by atoms with van der Waals surface area (Å²) in [5, 5.41) is 0. The van der Waals surface area contributed by atoms with Crippen molar-refractivity contribution in [2.75, 3.05) is 14.1 Å². The third-order valence-corrected chi connectivity index (χ3v) is 3.51. The Balaban J connectivity index is 2.06. The first kappa shape index (κ1) is 15.5. The first-order valence-corrected chi connectivity index (χ1v) is 7.37. The van der Waals surface area contributed by atoms with Gasteiger partial charge < -0.3 is 9.69 Å². The number of aryl methyl sites for hydroxylation is 1. The van der Waals surface area contributed by atoms with E-state index in [1.165, 1.54) is 22.3 Å². The maximum Gasteiger partial charge on any atom is 0.130 e. The summed E-state index contributed by atoms with van der Waals surface area (Å²) in [6.07, 6.45) is 1.45. The second-order valence-electron chi connectivity index (χ2n) is 5.83. The zero-order valence-corrected chi connectivity index (χ0v) is 13.1. The van der Waals surface area contributed by atoms with Crippen molar-refractivity contribution in [2.24, 2.45) is 0 Å². The Bertz CT molecular complexity index is 582. The van der Waals surface area contributed by atoms with E-state index in [-0.39, 0.29) is 5.78 Å². The van der Waals surface area contributed by atoms with E-state index in [2.05, 4.69) is 67.5 Å². The number of Topliss-reactive ketones (excluding diaryl/α,β-unsaturated/α-hetero) is 1. The van der Waals surface area contributed by atoms with Crippen LogP contribution in [0.5, 0.6) is 0 Å². The van der Waals surface area contributed by atoms with Gasteiger partial charge in [0.2, 0.25) is 0 Å². The highest BCUT2D eigenvalue weighted by Gasteiger charge is 2.01. The molecular formula is C19H23NO. The second-order valence-corrected chi connectivity index (χ2v) is 5.83. The van der Waals surface area contributed by atoms with Crippen LogP contribution in [-0.4, -0.2) is 24.8 Å². The molecule has 0 N–H and O–H groups in total. The van der Waals surface area contributed by atoms with E-state index in [0.29, 0.717) is 6.42 Å². The largest absolute Gasteiger partial charge is 0.305 e. The normalized spacial score (nSPS) is 10.9. The fraction of sp³-hybridized carbons (Fsp3) is 0.316. The number of ketones is 1. The van der Waals surface area contributed by atoms with Gasteiger partial charge in [-0.2, -0.15) is 0 Å². The highest BCUT2D eigenvalue weighted by atomic mass is 16.1. The van der Waals surface area contributed by atoms with Gasteiger partial charge in [-0.3, -0.25) is 0 Å². The van der Waals surface area contributed by atoms with Crippen molar-refractivity contribution in [3.8, 4) is 11.1 Å². The van der Waals surface area contributed by atoms with Crippen molar-refractivity contribution in [3.63, 3.8) is 0 Å². The number of hydrogen-bond donors (Lipinski definition) is 0. The Labute approximate surface area is 127 Å². The van der Waals surface area contributed by atoms with E-state index in [4.69, 9.17) is 0 Å². The van der Waals surface area contributed by atoms with Gasteiger partial charge in [0.25, 0.3) is 0 Å². The number of nitrogens with zero attached hydrogens (tertiary/aromatic N) is 1. The molecule has 0 saturated heterocycles. The van der Waals surface area contributed by atoms with Crippen LogP contribution < -0.4 is 0 Å². The molecule has 2 nitrogen and oxygen atoms in total. The molecule has 0 spiro atoms. The summed E-state index contributed by atoms with van der Waals surface area (Å²) in [4.78, 5) is 13.2. The van der Waals surface area contributed by atoms with Gasteiger partial charge in [0.1, 0.15) is 5.78 Å². The summed E-state index contributed by atoms with van der Waals surface area (Å²) >= 11 is 0. The molecule has 0 unspecified atom stereocenters. The van der Waals surface area contributed by atoms with Gasteiger partial charge in [-0.15, -0.1) is 0 Å². The predicted octanol–water partition coefficient (Wildman–Crippen LogP) is 3.94. The van der Waals surface area contributed by atoms with Crippen LogP contribution >= 0.6 is 0 Å². The van der Waals surface area contributed by atoms with Crippen LogP contribution in [0.2, 0.25) is 0 Å². The lowest BCUT2D eigenvalue weighted by Gasteiger charge is -2.10. The van der Waals surface area contributed by atoms with Gasteiger partial charge in [-0.1, -0.05) is 48.5 Å². The highest BCUT2D eigenvalue weighted by Crippen LogP contribution is 2.21. The summed E-state index contributed by atoms with van der Waals surface area (Å²) in [5.74, 6) is 0.246. The van der Waals surface area contributed by atoms with Crippen molar-refractivity contribution < 1.29 is 4.79 Å². The quantitative estimate of drug-likeness (QED) is 0.799. The van der Waals surface area contributed by atoms with Crippen LogP contribution in [0.15, 0.2) is 48.5 Å². The minimum Gasteiger partial charge on any atom is -0.305 e. The van der Waals surface area contributed by atoms with Crippen molar-refractivity contribution in [3.05, 3.63) is 59.7 Å². The van der Waals surface area contributed by atoms with Gasteiger partial charge in [-0.05, 0) is 49.7 Å². The third kappa shape index (κ3) is 4.83. The molecule has 2 aromatic carbocycles. The van der Waals surface area contributed by atoms with Crippen LogP contribution in [0.3, 0.4) is 0 Å². The Hall–Kier alpha value is -1.93. The Morgan fingerprint density at radius 3 is 1.76 bits per heavy atom. The van der Waals surface area contributed by atoms with E-state index in [1.54, 1.807) is 6.92 Å². The fourth-order valence-electron chi connectivity index (χ4n) is 2.35. The maximum absolute atomic E-state index is 11.0. The molecular weight excluding hydrogens is 258 g/mol. The van der Waals surface area contributed by atoms with Gasteiger partial charge in [0, 0.05) is 13.0 Å². The number of carbonyl (C=O) groups excluding carboxylic acids is 1. The average Bonchev–Trinajstić information content (AvgIpc) is 2.46. The molecule has 0 radical (unpaired) electrons. The standard InChI is InChI=1S/C19H23NO/c1-15(21)4-5-16-6-10-18(11-7-16)19-12-8-17(9-13-19)14-20(2)3/h6-13H,4-5,14H2,1-3H3. The first-order chi connectivity index (χ1) is 10.0. The van der Waals surface area contributed by atoms with E-state index < -0.39 is 0 Å². The molecule has 0 saturated carbocycles. The molecule has 0 amide bonds. The first-order valence-electron chi connectivity index (χ1n) is 7.37. The third-order valence-electron chi connectivity index (χ3n) is 3.51.